The Morgan fingerprint density at radius 3 is 2.59 bits per heavy atom. The van der Waals surface area contributed by atoms with Crippen molar-refractivity contribution < 1.29 is 0 Å². The third-order valence-electron chi connectivity index (χ3n) is 3.36. The molecule has 0 amide bonds. The summed E-state index contributed by atoms with van der Waals surface area (Å²) in [7, 11) is 0. The van der Waals surface area contributed by atoms with Crippen LogP contribution in [0.1, 0.15) is 32.9 Å². The maximum absolute atomic E-state index is 5.69. The van der Waals surface area contributed by atoms with Crippen LogP contribution in [0.4, 0.5) is 5.82 Å². The van der Waals surface area contributed by atoms with E-state index in [1.807, 2.05) is 0 Å². The van der Waals surface area contributed by atoms with Gasteiger partial charge in [0.2, 0.25) is 0 Å². The van der Waals surface area contributed by atoms with Crippen LogP contribution in [-0.4, -0.2) is 29.8 Å². The van der Waals surface area contributed by atoms with Crippen LogP contribution < -0.4 is 10.6 Å². The van der Waals surface area contributed by atoms with Gasteiger partial charge in [-0.2, -0.15) is 5.10 Å². The van der Waals surface area contributed by atoms with Gasteiger partial charge in [0.15, 0.2) is 5.82 Å². The fourth-order valence-corrected chi connectivity index (χ4v) is 2.13. The van der Waals surface area contributed by atoms with Gasteiger partial charge < -0.3 is 10.6 Å². The largest absolute Gasteiger partial charge is 0.355 e. The highest BCUT2D eigenvalue weighted by Gasteiger charge is 2.23. The Morgan fingerprint density at radius 1 is 1.35 bits per heavy atom. The molecule has 94 valence electrons. The van der Waals surface area contributed by atoms with Gasteiger partial charge in [0.05, 0.1) is 5.69 Å². The summed E-state index contributed by atoms with van der Waals surface area (Å²) in [6, 6.07) is 4.16. The molecule has 1 fully saturated rings. The monoisotopic (exact) mass is 234 g/mol. The van der Waals surface area contributed by atoms with Crippen molar-refractivity contribution in [1.82, 2.24) is 10.2 Å². The van der Waals surface area contributed by atoms with Crippen molar-refractivity contribution in [2.75, 3.05) is 24.5 Å². The predicted molar refractivity (Wildman–Crippen MR) is 70.1 cm³/mol. The molecular formula is C13H22N4. The van der Waals surface area contributed by atoms with Gasteiger partial charge in [0.1, 0.15) is 0 Å². The van der Waals surface area contributed by atoms with E-state index < -0.39 is 0 Å². The lowest BCUT2D eigenvalue weighted by atomic mass is 9.92. The van der Waals surface area contributed by atoms with Crippen LogP contribution >= 0.6 is 0 Å². The second-order valence-electron chi connectivity index (χ2n) is 5.86. The Balaban J connectivity index is 2.09. The first-order valence-electron chi connectivity index (χ1n) is 6.30. The van der Waals surface area contributed by atoms with Gasteiger partial charge in [-0.25, -0.2) is 0 Å². The molecule has 2 rings (SSSR count). The van der Waals surface area contributed by atoms with E-state index >= 15 is 0 Å². The lowest BCUT2D eigenvalue weighted by Crippen LogP contribution is -2.24. The van der Waals surface area contributed by atoms with Crippen molar-refractivity contribution in [1.29, 1.82) is 0 Å². The molecule has 0 aromatic carbocycles. The molecule has 0 bridgehead atoms. The minimum Gasteiger partial charge on any atom is -0.355 e. The average Bonchev–Trinajstić information content (AvgIpc) is 2.76. The molecule has 1 aliphatic heterocycles. The van der Waals surface area contributed by atoms with Gasteiger partial charge in [0, 0.05) is 18.5 Å². The molecule has 1 saturated heterocycles. The van der Waals surface area contributed by atoms with Gasteiger partial charge >= 0.3 is 0 Å². The van der Waals surface area contributed by atoms with Gasteiger partial charge in [-0.05, 0) is 31.0 Å². The van der Waals surface area contributed by atoms with Gasteiger partial charge in [-0.15, -0.1) is 5.10 Å². The minimum atomic E-state index is 0.0658. The Kier molecular flexibility index (Phi) is 3.33. The van der Waals surface area contributed by atoms with Crippen LogP contribution in [0, 0.1) is 5.92 Å². The van der Waals surface area contributed by atoms with Gasteiger partial charge in [-0.1, -0.05) is 20.8 Å². The zero-order valence-corrected chi connectivity index (χ0v) is 11.0. The van der Waals surface area contributed by atoms with Crippen LogP contribution in [0.2, 0.25) is 0 Å². The molecule has 1 aromatic heterocycles. The van der Waals surface area contributed by atoms with Crippen LogP contribution in [0.15, 0.2) is 12.1 Å². The van der Waals surface area contributed by atoms with Crippen molar-refractivity contribution >= 4 is 5.82 Å². The Labute approximate surface area is 103 Å². The number of hydrogen-bond donors (Lipinski definition) is 1. The standard InChI is InChI=1S/C13H22N4/c1-13(2,3)11-4-5-12(16-15-11)17-7-6-10(8-14)9-17/h4-5,10H,6-9,14H2,1-3H3. The van der Waals surface area contributed by atoms with E-state index in [9.17, 15) is 0 Å². The SMILES string of the molecule is CC(C)(C)c1ccc(N2CCC(CN)C2)nn1. The zero-order chi connectivity index (χ0) is 12.5. The van der Waals surface area contributed by atoms with E-state index in [-0.39, 0.29) is 5.41 Å². The van der Waals surface area contributed by atoms with Crippen LogP contribution in [-0.2, 0) is 5.41 Å². The van der Waals surface area contributed by atoms with Crippen molar-refractivity contribution in [3.05, 3.63) is 17.8 Å². The molecule has 0 spiro atoms. The Hall–Kier alpha value is -1.16. The molecule has 1 unspecified atom stereocenters. The highest BCUT2D eigenvalue weighted by molar-refractivity contribution is 5.39. The molecule has 17 heavy (non-hydrogen) atoms. The molecule has 1 aromatic rings. The molecule has 4 nitrogen and oxygen atoms in total. The maximum Gasteiger partial charge on any atom is 0.151 e. The second kappa shape index (κ2) is 4.61. The summed E-state index contributed by atoms with van der Waals surface area (Å²) in [5.74, 6) is 1.59. The van der Waals surface area contributed by atoms with E-state index in [1.165, 1.54) is 6.42 Å². The summed E-state index contributed by atoms with van der Waals surface area (Å²) in [6.07, 6.45) is 1.17. The van der Waals surface area contributed by atoms with E-state index in [4.69, 9.17) is 5.73 Å². The summed E-state index contributed by atoms with van der Waals surface area (Å²) in [5, 5.41) is 8.65. The van der Waals surface area contributed by atoms with E-state index in [2.05, 4.69) is 48.0 Å². The van der Waals surface area contributed by atoms with Crippen LogP contribution in [0.5, 0.6) is 0 Å². The van der Waals surface area contributed by atoms with E-state index in [1.54, 1.807) is 0 Å². The summed E-state index contributed by atoms with van der Waals surface area (Å²) >= 11 is 0. The van der Waals surface area contributed by atoms with Gasteiger partial charge in [-0.3, -0.25) is 0 Å². The topological polar surface area (TPSA) is 55.0 Å². The smallest absolute Gasteiger partial charge is 0.151 e. The fourth-order valence-electron chi connectivity index (χ4n) is 2.13. The Bertz CT molecular complexity index is 366. The number of nitrogens with two attached hydrogens (primary N) is 1. The molecular weight excluding hydrogens is 212 g/mol. The molecule has 0 aliphatic carbocycles. The number of aromatic nitrogens is 2. The number of anilines is 1. The molecule has 0 radical (unpaired) electrons. The van der Waals surface area contributed by atoms with Gasteiger partial charge in [0.25, 0.3) is 0 Å². The molecule has 1 aliphatic rings. The first-order chi connectivity index (χ1) is 8.00. The van der Waals surface area contributed by atoms with Crippen molar-refractivity contribution in [3.63, 3.8) is 0 Å². The quantitative estimate of drug-likeness (QED) is 0.843. The van der Waals surface area contributed by atoms with Crippen molar-refractivity contribution in [2.24, 2.45) is 11.7 Å². The third-order valence-corrected chi connectivity index (χ3v) is 3.36. The third kappa shape index (κ3) is 2.75. The first kappa shape index (κ1) is 12.3. The first-order valence-corrected chi connectivity index (χ1v) is 6.30. The van der Waals surface area contributed by atoms with E-state index in [0.29, 0.717) is 5.92 Å². The molecule has 2 heterocycles. The van der Waals surface area contributed by atoms with Crippen molar-refractivity contribution in [3.8, 4) is 0 Å². The highest BCUT2D eigenvalue weighted by atomic mass is 15.3. The Morgan fingerprint density at radius 2 is 2.12 bits per heavy atom. The lowest BCUT2D eigenvalue weighted by molar-refractivity contribution is 0.557. The molecule has 1 atom stereocenters. The molecule has 0 saturated carbocycles. The highest BCUT2D eigenvalue weighted by Crippen LogP contribution is 2.23. The summed E-state index contributed by atoms with van der Waals surface area (Å²) < 4.78 is 0. The number of rotatable bonds is 2. The number of hydrogen-bond acceptors (Lipinski definition) is 4. The summed E-state index contributed by atoms with van der Waals surface area (Å²) in [5.41, 5.74) is 6.80. The molecule has 2 N–H and O–H groups in total. The van der Waals surface area contributed by atoms with Crippen molar-refractivity contribution in [2.45, 2.75) is 32.6 Å². The van der Waals surface area contributed by atoms with E-state index in [0.717, 1.165) is 31.1 Å². The average molecular weight is 234 g/mol. The molecule has 4 heteroatoms. The van der Waals surface area contributed by atoms with Crippen LogP contribution in [0.3, 0.4) is 0 Å². The summed E-state index contributed by atoms with van der Waals surface area (Å²) in [4.78, 5) is 2.27. The summed E-state index contributed by atoms with van der Waals surface area (Å²) in [6.45, 7) is 9.28. The van der Waals surface area contributed by atoms with Crippen LogP contribution in [0.25, 0.3) is 0 Å². The maximum atomic E-state index is 5.69. The second-order valence-corrected chi connectivity index (χ2v) is 5.86. The minimum absolute atomic E-state index is 0.0658. The fraction of sp³-hybridized carbons (Fsp3) is 0.692. The lowest BCUT2D eigenvalue weighted by Gasteiger charge is -2.20. The zero-order valence-electron chi connectivity index (χ0n) is 11.0. The predicted octanol–water partition coefficient (Wildman–Crippen LogP) is 1.56. The normalized spacial score (nSPS) is 20.9. The number of nitrogens with zero attached hydrogens (tertiary/aromatic N) is 3.